The third-order valence-electron chi connectivity index (χ3n) is 3.83. The van der Waals surface area contributed by atoms with Crippen LogP contribution in [0.2, 0.25) is 0 Å². The normalized spacial score (nSPS) is 12.0. The highest BCUT2D eigenvalue weighted by Gasteiger charge is 2.14. The molecule has 0 aliphatic heterocycles. The maximum atomic E-state index is 12.1. The smallest absolute Gasteiger partial charge is 0.319 e. The average Bonchev–Trinajstić information content (AvgIpc) is 3.19. The topological polar surface area (TPSA) is 89.7 Å². The fourth-order valence-electron chi connectivity index (χ4n) is 2.38. The molecule has 2 amide bonds. The highest BCUT2D eigenvalue weighted by molar-refractivity contribution is 5.89. The van der Waals surface area contributed by atoms with Crippen LogP contribution in [0.15, 0.2) is 43.0 Å². The van der Waals surface area contributed by atoms with E-state index in [0.29, 0.717) is 11.5 Å². The molecular weight excluding hydrogens is 306 g/mol. The molecule has 8 nitrogen and oxygen atoms in total. The summed E-state index contributed by atoms with van der Waals surface area (Å²) in [5.41, 5.74) is 2.62. The van der Waals surface area contributed by atoms with Gasteiger partial charge in [-0.3, -0.25) is 4.68 Å². The second-order valence-electron chi connectivity index (χ2n) is 5.48. The molecule has 0 unspecified atom stereocenters. The van der Waals surface area contributed by atoms with Crippen molar-refractivity contribution in [3.8, 4) is 5.82 Å². The van der Waals surface area contributed by atoms with Crippen molar-refractivity contribution in [2.45, 2.75) is 19.9 Å². The largest absolute Gasteiger partial charge is 0.331 e. The van der Waals surface area contributed by atoms with Gasteiger partial charge in [-0.2, -0.15) is 10.2 Å². The monoisotopic (exact) mass is 325 g/mol. The Balaban J connectivity index is 1.61. The quantitative estimate of drug-likeness (QED) is 0.769. The number of rotatable bonds is 4. The Morgan fingerprint density at radius 2 is 2.08 bits per heavy atom. The van der Waals surface area contributed by atoms with Crippen molar-refractivity contribution in [3.63, 3.8) is 0 Å². The van der Waals surface area contributed by atoms with E-state index < -0.39 is 0 Å². The van der Waals surface area contributed by atoms with Gasteiger partial charge in [0, 0.05) is 30.7 Å². The molecule has 0 aliphatic carbocycles. The van der Waals surface area contributed by atoms with Crippen LogP contribution in [0.4, 0.5) is 10.5 Å². The number of hydrogen-bond donors (Lipinski definition) is 2. The summed E-state index contributed by atoms with van der Waals surface area (Å²) in [6.45, 7) is 3.89. The van der Waals surface area contributed by atoms with Crippen molar-refractivity contribution >= 4 is 11.7 Å². The van der Waals surface area contributed by atoms with Crippen LogP contribution in [0, 0.1) is 6.92 Å². The minimum atomic E-state index is -0.292. The van der Waals surface area contributed by atoms with E-state index in [2.05, 4.69) is 25.8 Å². The summed E-state index contributed by atoms with van der Waals surface area (Å²) < 4.78 is 3.43. The number of hydrogen-bond acceptors (Lipinski definition) is 4. The van der Waals surface area contributed by atoms with Gasteiger partial charge in [-0.25, -0.2) is 14.5 Å². The first kappa shape index (κ1) is 15.7. The Morgan fingerprint density at radius 1 is 1.25 bits per heavy atom. The molecule has 0 aliphatic rings. The Hall–Kier alpha value is -3.16. The van der Waals surface area contributed by atoms with E-state index in [-0.39, 0.29) is 12.1 Å². The lowest BCUT2D eigenvalue weighted by Gasteiger charge is -2.14. The molecule has 8 heteroatoms. The third kappa shape index (κ3) is 3.27. The van der Waals surface area contributed by atoms with Gasteiger partial charge in [0.25, 0.3) is 0 Å². The number of nitrogens with one attached hydrogen (secondary N) is 2. The van der Waals surface area contributed by atoms with Gasteiger partial charge in [-0.05, 0) is 32.0 Å². The van der Waals surface area contributed by atoms with E-state index in [4.69, 9.17) is 0 Å². The molecule has 0 aromatic carbocycles. The van der Waals surface area contributed by atoms with Crippen LogP contribution in [0.5, 0.6) is 0 Å². The number of pyridine rings is 1. The number of amides is 2. The van der Waals surface area contributed by atoms with E-state index in [1.807, 2.05) is 27.0 Å². The van der Waals surface area contributed by atoms with Gasteiger partial charge in [0.1, 0.15) is 0 Å². The molecule has 0 radical (unpaired) electrons. The van der Waals surface area contributed by atoms with E-state index in [9.17, 15) is 4.79 Å². The van der Waals surface area contributed by atoms with Crippen LogP contribution < -0.4 is 10.6 Å². The number of urea groups is 1. The Labute approximate surface area is 139 Å². The zero-order valence-electron chi connectivity index (χ0n) is 13.8. The molecule has 0 saturated carbocycles. The van der Waals surface area contributed by atoms with Crippen molar-refractivity contribution < 1.29 is 4.79 Å². The number of aromatic nitrogens is 5. The molecular formula is C16H19N7O. The van der Waals surface area contributed by atoms with E-state index in [0.717, 1.165) is 11.3 Å². The summed E-state index contributed by atoms with van der Waals surface area (Å²) in [5, 5.41) is 14.0. The maximum absolute atomic E-state index is 12.1. The van der Waals surface area contributed by atoms with Gasteiger partial charge in [0.05, 0.1) is 24.1 Å². The van der Waals surface area contributed by atoms with Crippen LogP contribution in [-0.4, -0.2) is 30.6 Å². The van der Waals surface area contributed by atoms with Crippen LogP contribution in [0.1, 0.15) is 24.2 Å². The van der Waals surface area contributed by atoms with Crippen molar-refractivity contribution in [3.05, 3.63) is 54.2 Å². The van der Waals surface area contributed by atoms with Crippen molar-refractivity contribution in [2.75, 3.05) is 5.32 Å². The number of aryl methyl sites for hydroxylation is 1. The molecule has 3 aromatic rings. The zero-order chi connectivity index (χ0) is 17.1. The third-order valence-corrected chi connectivity index (χ3v) is 3.83. The van der Waals surface area contributed by atoms with E-state index >= 15 is 0 Å². The predicted octanol–water partition coefficient (Wildman–Crippen LogP) is 2.19. The fourth-order valence-corrected chi connectivity index (χ4v) is 2.38. The highest BCUT2D eigenvalue weighted by Crippen LogP contribution is 2.16. The number of nitrogens with zero attached hydrogens (tertiary/aromatic N) is 5. The lowest BCUT2D eigenvalue weighted by atomic mass is 10.1. The lowest BCUT2D eigenvalue weighted by Crippen LogP contribution is -2.31. The van der Waals surface area contributed by atoms with Gasteiger partial charge in [-0.1, -0.05) is 0 Å². The van der Waals surface area contributed by atoms with Crippen molar-refractivity contribution in [1.29, 1.82) is 0 Å². The fraction of sp³-hybridized carbons (Fsp3) is 0.250. The summed E-state index contributed by atoms with van der Waals surface area (Å²) in [5.74, 6) is 0.685. The molecule has 3 aromatic heterocycles. The van der Waals surface area contributed by atoms with Crippen LogP contribution in [0.25, 0.3) is 5.82 Å². The summed E-state index contributed by atoms with van der Waals surface area (Å²) in [6, 6.07) is 4.96. The molecule has 124 valence electrons. The minimum Gasteiger partial charge on any atom is -0.331 e. The molecule has 3 rings (SSSR count). The molecule has 0 bridgehead atoms. The van der Waals surface area contributed by atoms with Gasteiger partial charge < -0.3 is 10.6 Å². The first-order valence-corrected chi connectivity index (χ1v) is 7.56. The molecule has 1 atom stereocenters. The van der Waals surface area contributed by atoms with Crippen molar-refractivity contribution in [2.24, 2.45) is 7.05 Å². The average molecular weight is 325 g/mol. The molecule has 0 spiro atoms. The van der Waals surface area contributed by atoms with E-state index in [1.54, 1.807) is 46.3 Å². The Kier molecular flexibility index (Phi) is 4.28. The first-order chi connectivity index (χ1) is 11.5. The van der Waals surface area contributed by atoms with Gasteiger partial charge in [0.15, 0.2) is 5.82 Å². The van der Waals surface area contributed by atoms with Crippen LogP contribution in [-0.2, 0) is 7.05 Å². The number of carbonyl (C=O) groups excluding carboxylic acids is 1. The SMILES string of the molecule is Cc1c([C@@H](C)NC(=O)Nc2ccc(-n3cccn3)nc2)cnn1C. The first-order valence-electron chi connectivity index (χ1n) is 7.56. The summed E-state index contributed by atoms with van der Waals surface area (Å²) in [4.78, 5) is 16.4. The molecule has 24 heavy (non-hydrogen) atoms. The maximum Gasteiger partial charge on any atom is 0.319 e. The number of carbonyl (C=O) groups is 1. The van der Waals surface area contributed by atoms with Gasteiger partial charge in [0.2, 0.25) is 0 Å². The molecule has 3 heterocycles. The van der Waals surface area contributed by atoms with Gasteiger partial charge in [-0.15, -0.1) is 0 Å². The predicted molar refractivity (Wildman–Crippen MR) is 89.9 cm³/mol. The minimum absolute atomic E-state index is 0.144. The van der Waals surface area contributed by atoms with Gasteiger partial charge >= 0.3 is 6.03 Å². The zero-order valence-corrected chi connectivity index (χ0v) is 13.8. The number of anilines is 1. The Morgan fingerprint density at radius 3 is 2.67 bits per heavy atom. The highest BCUT2D eigenvalue weighted by atomic mass is 16.2. The standard InChI is InChI=1S/C16H19N7O/c1-11(14-10-19-22(3)12(14)2)20-16(24)21-13-5-6-15(17-9-13)23-8-4-7-18-23/h4-11H,1-3H3,(H2,20,21,24)/t11-/m1/s1. The van der Waals surface area contributed by atoms with E-state index in [1.165, 1.54) is 0 Å². The lowest BCUT2D eigenvalue weighted by molar-refractivity contribution is 0.249. The summed E-state index contributed by atoms with van der Waals surface area (Å²) in [7, 11) is 1.87. The molecule has 0 saturated heterocycles. The summed E-state index contributed by atoms with van der Waals surface area (Å²) in [6.07, 6.45) is 6.85. The Bertz CT molecular complexity index is 821. The van der Waals surface area contributed by atoms with Crippen LogP contribution in [0.3, 0.4) is 0 Å². The molecule has 0 fully saturated rings. The summed E-state index contributed by atoms with van der Waals surface area (Å²) >= 11 is 0. The van der Waals surface area contributed by atoms with Crippen molar-refractivity contribution in [1.82, 2.24) is 29.9 Å². The second-order valence-corrected chi connectivity index (χ2v) is 5.48. The van der Waals surface area contributed by atoms with Crippen LogP contribution >= 0.6 is 0 Å². The second kappa shape index (κ2) is 6.53. The molecule has 2 N–H and O–H groups in total.